The summed E-state index contributed by atoms with van der Waals surface area (Å²) in [4.78, 5) is 25.6. The number of alkyl halides is 1. The highest BCUT2D eigenvalue weighted by Crippen LogP contribution is 2.30. The fraction of sp³-hybridized carbons (Fsp3) is 0.818. The fourth-order valence-corrected chi connectivity index (χ4v) is 3.56. The van der Waals surface area contributed by atoms with Crippen LogP contribution in [0.4, 0.5) is 9.18 Å². The van der Waals surface area contributed by atoms with Crippen LogP contribution in [0.5, 0.6) is 0 Å². The number of hydrogen-bond acceptors (Lipinski definition) is 6. The summed E-state index contributed by atoms with van der Waals surface area (Å²) in [7, 11) is -4.82. The van der Waals surface area contributed by atoms with Crippen LogP contribution >= 0.6 is 0 Å². The van der Waals surface area contributed by atoms with Gasteiger partial charge in [-0.1, -0.05) is 0 Å². The molecular weight excluding hydrogens is 335 g/mol. The molecule has 0 aromatic heterocycles. The van der Waals surface area contributed by atoms with Crippen molar-refractivity contribution in [2.45, 2.75) is 37.1 Å². The molecule has 0 aliphatic carbocycles. The van der Waals surface area contributed by atoms with E-state index in [9.17, 15) is 22.4 Å². The van der Waals surface area contributed by atoms with Gasteiger partial charge in [0.15, 0.2) is 0 Å². The van der Waals surface area contributed by atoms with Gasteiger partial charge in [0.05, 0.1) is 12.1 Å². The first-order valence-corrected chi connectivity index (χ1v) is 8.55. The van der Waals surface area contributed by atoms with Crippen molar-refractivity contribution < 1.29 is 31.2 Å². The lowest BCUT2D eigenvalue weighted by atomic mass is 10.00. The van der Waals surface area contributed by atoms with E-state index in [4.69, 9.17) is 4.55 Å². The van der Waals surface area contributed by atoms with Crippen LogP contribution in [-0.4, -0.2) is 78.8 Å². The van der Waals surface area contributed by atoms with E-state index in [1.807, 2.05) is 0 Å². The molecule has 12 heteroatoms. The summed E-state index contributed by atoms with van der Waals surface area (Å²) in [5.41, 5.74) is 0. The summed E-state index contributed by atoms with van der Waals surface area (Å²) >= 11 is 0. The zero-order chi connectivity index (χ0) is 16.8. The first-order valence-electron chi connectivity index (χ1n) is 7.18. The molecular formula is C11H17FN4O6S. The average molecular weight is 352 g/mol. The number of nitrogens with zero attached hydrogens (tertiary/aromatic N) is 2. The highest BCUT2D eigenvalue weighted by molar-refractivity contribution is 7.80. The van der Waals surface area contributed by atoms with Crippen LogP contribution in [0.3, 0.4) is 0 Å². The quantitative estimate of drug-likeness (QED) is 0.521. The number of amides is 3. The number of urea groups is 1. The van der Waals surface area contributed by atoms with Gasteiger partial charge in [-0.05, 0) is 12.8 Å². The van der Waals surface area contributed by atoms with E-state index in [1.165, 1.54) is 4.90 Å². The molecule has 130 valence electrons. The minimum Gasteiger partial charge on any atom is -0.347 e. The second kappa shape index (κ2) is 5.85. The molecule has 0 radical (unpaired) electrons. The third-order valence-corrected chi connectivity index (χ3v) is 4.62. The molecule has 23 heavy (non-hydrogen) atoms. The minimum absolute atomic E-state index is 0.106. The molecule has 3 heterocycles. The van der Waals surface area contributed by atoms with Crippen LogP contribution < -0.4 is 10.6 Å². The molecule has 0 saturated carbocycles. The van der Waals surface area contributed by atoms with Gasteiger partial charge in [0, 0.05) is 19.6 Å². The summed E-state index contributed by atoms with van der Waals surface area (Å²) < 4.78 is 48.1. The lowest BCUT2D eigenvalue weighted by Crippen LogP contribution is -2.53. The molecule has 4 atom stereocenters. The normalized spacial score (nSPS) is 34.1. The van der Waals surface area contributed by atoms with Gasteiger partial charge >= 0.3 is 16.4 Å². The molecule has 3 aliphatic heterocycles. The maximum Gasteiger partial charge on any atom is 0.418 e. The van der Waals surface area contributed by atoms with Crippen LogP contribution in [0.1, 0.15) is 12.8 Å². The standard InChI is InChI=1S/C11H17FN4O6S/c12-7-3-13-4-8(7)14-10(17)9-2-1-6-5-15(9)11(18)16(6)22-23(19,20)21/h6-9,13H,1-5H2,(H,14,17)(H,19,20,21)/t6?,7-,8+,9-/m0/s1. The largest absolute Gasteiger partial charge is 0.418 e. The number of hydroxylamine groups is 2. The van der Waals surface area contributed by atoms with Crippen molar-refractivity contribution in [1.29, 1.82) is 0 Å². The number of rotatable bonds is 4. The van der Waals surface area contributed by atoms with Crippen molar-refractivity contribution in [2.75, 3.05) is 19.6 Å². The lowest BCUT2D eigenvalue weighted by Gasteiger charge is -2.30. The van der Waals surface area contributed by atoms with Crippen molar-refractivity contribution in [3.05, 3.63) is 0 Å². The Hall–Kier alpha value is -1.50. The molecule has 0 spiro atoms. The summed E-state index contributed by atoms with van der Waals surface area (Å²) in [6.45, 7) is 0.582. The van der Waals surface area contributed by atoms with E-state index in [-0.39, 0.29) is 13.1 Å². The molecule has 3 rings (SSSR count). The summed E-state index contributed by atoms with van der Waals surface area (Å²) in [5.74, 6) is -0.484. The van der Waals surface area contributed by atoms with Crippen molar-refractivity contribution in [2.24, 2.45) is 0 Å². The number of halogens is 1. The van der Waals surface area contributed by atoms with Gasteiger partial charge in [0.25, 0.3) is 0 Å². The maximum absolute atomic E-state index is 13.5. The summed E-state index contributed by atoms with van der Waals surface area (Å²) in [6.07, 6.45) is -0.563. The number of hydrogen-bond donors (Lipinski definition) is 3. The van der Waals surface area contributed by atoms with Gasteiger partial charge in [-0.2, -0.15) is 13.5 Å². The molecule has 2 bridgehead atoms. The van der Waals surface area contributed by atoms with E-state index >= 15 is 0 Å². The van der Waals surface area contributed by atoms with Crippen molar-refractivity contribution in [3.8, 4) is 0 Å². The van der Waals surface area contributed by atoms with Crippen LogP contribution in [0, 0.1) is 0 Å². The van der Waals surface area contributed by atoms with Crippen molar-refractivity contribution in [3.63, 3.8) is 0 Å². The Balaban J connectivity index is 1.67. The number of carbonyl (C=O) groups excluding carboxylic acids is 2. The third-order valence-electron chi connectivity index (χ3n) is 4.27. The zero-order valence-electron chi connectivity index (χ0n) is 12.0. The SMILES string of the molecule is O=C(N[C@@H]1CNC[C@@H]1F)[C@@H]1CCC2CN1C(=O)N2OS(=O)(=O)O. The van der Waals surface area contributed by atoms with Crippen LogP contribution in [0.15, 0.2) is 0 Å². The van der Waals surface area contributed by atoms with Gasteiger partial charge in [0.2, 0.25) is 5.91 Å². The van der Waals surface area contributed by atoms with Gasteiger partial charge in [-0.3, -0.25) is 9.35 Å². The van der Waals surface area contributed by atoms with Gasteiger partial charge in [0.1, 0.15) is 12.2 Å². The van der Waals surface area contributed by atoms with E-state index in [1.54, 1.807) is 0 Å². The first kappa shape index (κ1) is 16.4. The molecule has 1 unspecified atom stereocenters. The second-order valence-corrected chi connectivity index (χ2v) is 6.80. The Bertz CT molecular complexity index is 616. The van der Waals surface area contributed by atoms with Gasteiger partial charge < -0.3 is 15.5 Å². The molecule has 0 aromatic rings. The lowest BCUT2D eigenvalue weighted by molar-refractivity contribution is -0.127. The average Bonchev–Trinajstić information content (AvgIpc) is 2.96. The highest BCUT2D eigenvalue weighted by Gasteiger charge is 2.49. The maximum atomic E-state index is 13.5. The molecule has 0 aromatic carbocycles. The molecule has 10 nitrogen and oxygen atoms in total. The van der Waals surface area contributed by atoms with Crippen molar-refractivity contribution in [1.82, 2.24) is 20.6 Å². The number of nitrogens with one attached hydrogen (secondary N) is 2. The Morgan fingerprint density at radius 1 is 1.39 bits per heavy atom. The fourth-order valence-electron chi connectivity index (χ4n) is 3.17. The van der Waals surface area contributed by atoms with Crippen molar-refractivity contribution >= 4 is 22.3 Å². The predicted molar refractivity (Wildman–Crippen MR) is 73.1 cm³/mol. The molecule has 3 aliphatic rings. The predicted octanol–water partition coefficient (Wildman–Crippen LogP) is -1.58. The van der Waals surface area contributed by atoms with E-state index < -0.39 is 46.6 Å². The third kappa shape index (κ3) is 3.24. The molecule has 3 N–H and O–H groups in total. The summed E-state index contributed by atoms with van der Waals surface area (Å²) in [6, 6.07) is -2.84. The van der Waals surface area contributed by atoms with Gasteiger partial charge in [-0.15, -0.1) is 4.28 Å². The molecule has 3 fully saturated rings. The minimum atomic E-state index is -4.82. The van der Waals surface area contributed by atoms with Crippen LogP contribution in [0.25, 0.3) is 0 Å². The number of piperidine rings is 1. The first-order chi connectivity index (χ1) is 10.8. The van der Waals surface area contributed by atoms with E-state index in [0.29, 0.717) is 24.4 Å². The van der Waals surface area contributed by atoms with E-state index in [0.717, 1.165) is 0 Å². The van der Waals surface area contributed by atoms with E-state index in [2.05, 4.69) is 14.9 Å². The second-order valence-electron chi connectivity index (χ2n) is 5.80. The Morgan fingerprint density at radius 3 is 2.74 bits per heavy atom. The topological polar surface area (TPSA) is 128 Å². The van der Waals surface area contributed by atoms with Crippen LogP contribution in [0.2, 0.25) is 0 Å². The molecule has 3 saturated heterocycles. The van der Waals surface area contributed by atoms with Crippen LogP contribution in [-0.2, 0) is 19.5 Å². The Labute approximate surface area is 131 Å². The Kier molecular flexibility index (Phi) is 4.16. The monoisotopic (exact) mass is 352 g/mol. The highest BCUT2D eigenvalue weighted by atomic mass is 32.3. The van der Waals surface area contributed by atoms with Gasteiger partial charge in [-0.25, -0.2) is 9.18 Å². The zero-order valence-corrected chi connectivity index (χ0v) is 12.8. The molecule has 3 amide bonds. The summed E-state index contributed by atoms with van der Waals surface area (Å²) in [5, 5.41) is 5.95. The Morgan fingerprint density at radius 2 is 2.13 bits per heavy atom. The number of fused-ring (bicyclic) bond motifs is 2. The number of carbonyl (C=O) groups is 2. The smallest absolute Gasteiger partial charge is 0.347 e.